The summed E-state index contributed by atoms with van der Waals surface area (Å²) in [7, 11) is 0. The molecule has 4 nitrogen and oxygen atoms in total. The van der Waals surface area contributed by atoms with Gasteiger partial charge in [0.25, 0.3) is 0 Å². The zero-order valence-electron chi connectivity index (χ0n) is 14.2. The molecule has 2 aliphatic heterocycles. The van der Waals surface area contributed by atoms with Crippen molar-refractivity contribution in [2.24, 2.45) is 5.92 Å². The fourth-order valence-corrected chi connectivity index (χ4v) is 3.63. The minimum atomic E-state index is -0.0805. The lowest BCUT2D eigenvalue weighted by molar-refractivity contribution is -0.140. The van der Waals surface area contributed by atoms with Crippen molar-refractivity contribution in [1.29, 1.82) is 0 Å². The Labute approximate surface area is 135 Å². The molecule has 2 saturated heterocycles. The lowest BCUT2D eigenvalue weighted by atomic mass is 9.95. The van der Waals surface area contributed by atoms with Gasteiger partial charge in [0.2, 0.25) is 11.8 Å². The number of amides is 2. The van der Waals surface area contributed by atoms with Gasteiger partial charge in [0.05, 0.1) is 0 Å². The summed E-state index contributed by atoms with van der Waals surface area (Å²) < 4.78 is 0. The van der Waals surface area contributed by atoms with Crippen LogP contribution in [-0.2, 0) is 9.59 Å². The Kier molecular flexibility index (Phi) is 7.20. The van der Waals surface area contributed by atoms with Crippen molar-refractivity contribution < 1.29 is 9.59 Å². The maximum absolute atomic E-state index is 12.7. The zero-order chi connectivity index (χ0) is 15.8. The molecule has 2 aliphatic rings. The lowest BCUT2D eigenvalue weighted by Gasteiger charge is -2.25. The average molecular weight is 308 g/mol. The molecule has 22 heavy (non-hydrogen) atoms. The van der Waals surface area contributed by atoms with Crippen molar-refractivity contribution >= 4 is 11.8 Å². The van der Waals surface area contributed by atoms with E-state index in [9.17, 15) is 9.59 Å². The molecule has 1 atom stereocenters. The number of nitrogens with zero attached hydrogens (tertiary/aromatic N) is 2. The van der Waals surface area contributed by atoms with E-state index in [1.807, 2.05) is 9.80 Å². The zero-order valence-corrected chi connectivity index (χ0v) is 14.2. The number of rotatable bonds is 8. The Hall–Kier alpha value is -1.06. The molecule has 2 rings (SSSR count). The molecule has 0 aromatic rings. The normalized spacial score (nSPS) is 19.7. The van der Waals surface area contributed by atoms with Crippen molar-refractivity contribution in [2.75, 3.05) is 26.2 Å². The summed E-state index contributed by atoms with van der Waals surface area (Å²) in [5, 5.41) is 0. The standard InChI is InChI=1S/C18H32N2O2/c1-2-3-4-5-10-16(18(22)20-13-8-9-14-20)15-17(21)19-11-6-7-12-19/h16H,2-15H2,1H3. The average Bonchev–Trinajstić information content (AvgIpc) is 3.22. The van der Waals surface area contributed by atoms with Gasteiger partial charge < -0.3 is 9.80 Å². The van der Waals surface area contributed by atoms with E-state index in [1.165, 1.54) is 19.3 Å². The summed E-state index contributed by atoms with van der Waals surface area (Å²) in [6, 6.07) is 0. The quantitative estimate of drug-likeness (QED) is 0.646. The van der Waals surface area contributed by atoms with Crippen molar-refractivity contribution in [1.82, 2.24) is 9.80 Å². The lowest BCUT2D eigenvalue weighted by Crippen LogP contribution is -2.37. The van der Waals surface area contributed by atoms with Gasteiger partial charge in [-0.1, -0.05) is 32.6 Å². The minimum Gasteiger partial charge on any atom is -0.343 e. The number of carbonyl (C=O) groups excluding carboxylic acids is 2. The van der Waals surface area contributed by atoms with Gasteiger partial charge in [0.1, 0.15) is 0 Å². The summed E-state index contributed by atoms with van der Waals surface area (Å²) in [5.41, 5.74) is 0. The fraction of sp³-hybridized carbons (Fsp3) is 0.889. The number of hydrogen-bond acceptors (Lipinski definition) is 2. The van der Waals surface area contributed by atoms with Crippen LogP contribution in [0.4, 0.5) is 0 Å². The van der Waals surface area contributed by atoms with Crippen LogP contribution in [0.25, 0.3) is 0 Å². The third kappa shape index (κ3) is 4.99. The Morgan fingerprint density at radius 2 is 1.45 bits per heavy atom. The molecule has 2 fully saturated rings. The molecule has 0 aromatic carbocycles. The molecule has 2 heterocycles. The predicted octanol–water partition coefficient (Wildman–Crippen LogP) is 3.21. The minimum absolute atomic E-state index is 0.0805. The maximum atomic E-state index is 12.7. The first-order valence-electron chi connectivity index (χ1n) is 9.29. The fourth-order valence-electron chi connectivity index (χ4n) is 3.63. The molecule has 0 aliphatic carbocycles. The van der Waals surface area contributed by atoms with Gasteiger partial charge in [-0.3, -0.25) is 9.59 Å². The number of carbonyl (C=O) groups is 2. The molecule has 2 amide bonds. The van der Waals surface area contributed by atoms with Crippen molar-refractivity contribution in [3.05, 3.63) is 0 Å². The van der Waals surface area contributed by atoms with E-state index in [0.29, 0.717) is 6.42 Å². The first kappa shape index (κ1) is 17.3. The second-order valence-corrected chi connectivity index (χ2v) is 6.87. The summed E-state index contributed by atoms with van der Waals surface area (Å²) in [5.74, 6) is 0.357. The highest BCUT2D eigenvalue weighted by Crippen LogP contribution is 2.22. The molecule has 126 valence electrons. The van der Waals surface area contributed by atoms with Gasteiger partial charge >= 0.3 is 0 Å². The van der Waals surface area contributed by atoms with Crippen LogP contribution in [0.3, 0.4) is 0 Å². The smallest absolute Gasteiger partial charge is 0.226 e. The predicted molar refractivity (Wildman–Crippen MR) is 88.5 cm³/mol. The van der Waals surface area contributed by atoms with Gasteiger partial charge in [-0.15, -0.1) is 0 Å². The van der Waals surface area contributed by atoms with E-state index in [1.54, 1.807) is 0 Å². The SMILES string of the molecule is CCCCCCC(CC(=O)N1CCCC1)C(=O)N1CCCC1. The molecule has 0 bridgehead atoms. The Morgan fingerprint density at radius 3 is 2.05 bits per heavy atom. The second-order valence-electron chi connectivity index (χ2n) is 6.87. The van der Waals surface area contributed by atoms with E-state index in [-0.39, 0.29) is 17.7 Å². The van der Waals surface area contributed by atoms with Crippen LogP contribution in [0.1, 0.15) is 71.1 Å². The van der Waals surface area contributed by atoms with Crippen LogP contribution < -0.4 is 0 Å². The molecular formula is C18H32N2O2. The maximum Gasteiger partial charge on any atom is 0.226 e. The summed E-state index contributed by atoms with van der Waals surface area (Å²) in [6.07, 6.45) is 10.5. The van der Waals surface area contributed by atoms with Crippen molar-refractivity contribution in [3.63, 3.8) is 0 Å². The van der Waals surface area contributed by atoms with Gasteiger partial charge in [0, 0.05) is 38.5 Å². The van der Waals surface area contributed by atoms with Gasteiger partial charge in [0.15, 0.2) is 0 Å². The molecule has 0 N–H and O–H groups in total. The van der Waals surface area contributed by atoms with Crippen molar-refractivity contribution in [3.8, 4) is 0 Å². The molecule has 0 aromatic heterocycles. The first-order valence-corrected chi connectivity index (χ1v) is 9.29. The molecular weight excluding hydrogens is 276 g/mol. The van der Waals surface area contributed by atoms with Gasteiger partial charge in [-0.05, 0) is 32.1 Å². The third-order valence-electron chi connectivity index (χ3n) is 5.05. The van der Waals surface area contributed by atoms with E-state index < -0.39 is 0 Å². The summed E-state index contributed by atoms with van der Waals surface area (Å²) in [6.45, 7) is 5.76. The monoisotopic (exact) mass is 308 g/mol. The molecule has 4 heteroatoms. The number of likely N-dealkylation sites (tertiary alicyclic amines) is 2. The van der Waals surface area contributed by atoms with Crippen LogP contribution in [-0.4, -0.2) is 47.8 Å². The summed E-state index contributed by atoms with van der Waals surface area (Å²) in [4.78, 5) is 29.1. The van der Waals surface area contributed by atoms with E-state index in [4.69, 9.17) is 0 Å². The highest BCUT2D eigenvalue weighted by atomic mass is 16.2. The van der Waals surface area contributed by atoms with Crippen LogP contribution >= 0.6 is 0 Å². The molecule has 0 radical (unpaired) electrons. The largest absolute Gasteiger partial charge is 0.343 e. The third-order valence-corrected chi connectivity index (χ3v) is 5.05. The number of unbranched alkanes of at least 4 members (excludes halogenated alkanes) is 3. The molecule has 1 unspecified atom stereocenters. The highest BCUT2D eigenvalue weighted by molar-refractivity contribution is 5.86. The number of hydrogen-bond donors (Lipinski definition) is 0. The second kappa shape index (κ2) is 9.16. The van der Waals surface area contributed by atoms with E-state index in [2.05, 4.69) is 6.92 Å². The van der Waals surface area contributed by atoms with Crippen LogP contribution in [0.2, 0.25) is 0 Å². The van der Waals surface area contributed by atoms with Crippen LogP contribution in [0.5, 0.6) is 0 Å². The molecule has 0 saturated carbocycles. The van der Waals surface area contributed by atoms with Crippen LogP contribution in [0.15, 0.2) is 0 Å². The van der Waals surface area contributed by atoms with Crippen molar-refractivity contribution in [2.45, 2.75) is 71.1 Å². The summed E-state index contributed by atoms with van der Waals surface area (Å²) >= 11 is 0. The molecule has 0 spiro atoms. The van der Waals surface area contributed by atoms with E-state index >= 15 is 0 Å². The Balaban J connectivity index is 1.87. The van der Waals surface area contributed by atoms with Gasteiger partial charge in [-0.2, -0.15) is 0 Å². The van der Waals surface area contributed by atoms with Crippen LogP contribution in [0, 0.1) is 5.92 Å². The Bertz CT molecular complexity index is 358. The first-order chi connectivity index (χ1) is 10.7. The van der Waals surface area contributed by atoms with Gasteiger partial charge in [-0.25, -0.2) is 0 Å². The van der Waals surface area contributed by atoms with E-state index in [0.717, 1.165) is 64.7 Å². The highest BCUT2D eigenvalue weighted by Gasteiger charge is 2.30. The Morgan fingerprint density at radius 1 is 0.864 bits per heavy atom. The topological polar surface area (TPSA) is 40.6 Å².